The Morgan fingerprint density at radius 2 is 2.42 bits per heavy atom. The third-order valence-electron chi connectivity index (χ3n) is 4.14. The summed E-state index contributed by atoms with van der Waals surface area (Å²) in [4.78, 5) is 14.4. The van der Waals surface area contributed by atoms with E-state index in [0.29, 0.717) is 19.1 Å². The Labute approximate surface area is 112 Å². The zero-order chi connectivity index (χ0) is 13.2. The lowest BCUT2D eigenvalue weighted by Gasteiger charge is -2.34. The minimum absolute atomic E-state index is 0.147. The van der Waals surface area contributed by atoms with Gasteiger partial charge in [0.15, 0.2) is 0 Å². The molecule has 104 valence electrons. The molecule has 6 nitrogen and oxygen atoms in total. The van der Waals surface area contributed by atoms with Crippen LogP contribution in [-0.4, -0.2) is 53.3 Å². The molecule has 0 spiro atoms. The molecule has 1 amide bonds. The molecule has 3 N–H and O–H groups in total. The van der Waals surface area contributed by atoms with Crippen LogP contribution in [0.15, 0.2) is 12.3 Å². The molecule has 2 aliphatic heterocycles. The zero-order valence-corrected chi connectivity index (χ0v) is 10.9. The quantitative estimate of drug-likeness (QED) is 0.793. The Balaban J connectivity index is 1.66. The fourth-order valence-electron chi connectivity index (χ4n) is 2.98. The van der Waals surface area contributed by atoms with Crippen molar-refractivity contribution < 1.29 is 9.53 Å². The maximum absolute atomic E-state index is 12.5. The maximum atomic E-state index is 12.5. The Morgan fingerprint density at radius 1 is 1.53 bits per heavy atom. The number of hydrogen-bond donors (Lipinski definition) is 2. The molecule has 3 rings (SSSR count). The second kappa shape index (κ2) is 5.30. The van der Waals surface area contributed by atoms with E-state index in [0.717, 1.165) is 31.6 Å². The highest BCUT2D eigenvalue weighted by atomic mass is 16.5. The summed E-state index contributed by atoms with van der Waals surface area (Å²) in [7, 11) is 0. The number of carbonyl (C=O) groups excluding carboxylic acids is 1. The second-order valence-electron chi connectivity index (χ2n) is 5.44. The maximum Gasteiger partial charge on any atom is 0.229 e. The number of nitrogens with two attached hydrogens (primary N) is 1. The highest BCUT2D eigenvalue weighted by Crippen LogP contribution is 2.27. The van der Waals surface area contributed by atoms with E-state index in [-0.39, 0.29) is 17.9 Å². The number of aromatic amines is 1. The van der Waals surface area contributed by atoms with Gasteiger partial charge in [0, 0.05) is 36.9 Å². The summed E-state index contributed by atoms with van der Waals surface area (Å²) in [5.74, 6) is 0.341. The molecule has 3 atom stereocenters. The smallest absolute Gasteiger partial charge is 0.229 e. The van der Waals surface area contributed by atoms with E-state index in [1.54, 1.807) is 6.20 Å². The van der Waals surface area contributed by atoms with Gasteiger partial charge in [0.05, 0.1) is 19.1 Å². The molecule has 3 heterocycles. The van der Waals surface area contributed by atoms with E-state index >= 15 is 0 Å². The van der Waals surface area contributed by atoms with Crippen molar-refractivity contribution in [1.82, 2.24) is 15.1 Å². The van der Waals surface area contributed by atoms with Crippen molar-refractivity contribution in [3.8, 4) is 0 Å². The summed E-state index contributed by atoms with van der Waals surface area (Å²) in [5, 5.41) is 7.00. The van der Waals surface area contributed by atoms with Gasteiger partial charge in [-0.3, -0.25) is 9.89 Å². The van der Waals surface area contributed by atoms with Gasteiger partial charge >= 0.3 is 0 Å². The number of aromatic nitrogens is 2. The summed E-state index contributed by atoms with van der Waals surface area (Å²) in [6.45, 7) is 2.54. The third-order valence-corrected chi connectivity index (χ3v) is 4.14. The number of H-pyrrole nitrogens is 1. The number of amides is 1. The van der Waals surface area contributed by atoms with Crippen molar-refractivity contribution in [2.45, 2.75) is 24.8 Å². The number of nitrogens with zero attached hydrogens (tertiary/aromatic N) is 2. The lowest BCUT2D eigenvalue weighted by molar-refractivity contribution is -0.137. The van der Waals surface area contributed by atoms with Crippen LogP contribution >= 0.6 is 0 Å². The van der Waals surface area contributed by atoms with E-state index < -0.39 is 0 Å². The highest BCUT2D eigenvalue weighted by molar-refractivity contribution is 5.80. The van der Waals surface area contributed by atoms with Gasteiger partial charge in [0.25, 0.3) is 0 Å². The Morgan fingerprint density at radius 3 is 3.11 bits per heavy atom. The topological polar surface area (TPSA) is 84.2 Å². The van der Waals surface area contributed by atoms with Gasteiger partial charge in [0.1, 0.15) is 0 Å². The van der Waals surface area contributed by atoms with Gasteiger partial charge in [-0.2, -0.15) is 5.10 Å². The largest absolute Gasteiger partial charge is 0.379 e. The van der Waals surface area contributed by atoms with E-state index in [2.05, 4.69) is 10.2 Å². The number of ether oxygens (including phenoxy) is 1. The molecule has 1 aromatic heterocycles. The minimum atomic E-state index is -0.166. The molecular formula is C13H20N4O2. The van der Waals surface area contributed by atoms with Crippen LogP contribution in [0.3, 0.4) is 0 Å². The summed E-state index contributed by atoms with van der Waals surface area (Å²) in [6, 6.07) is 1.84. The number of piperidine rings is 1. The van der Waals surface area contributed by atoms with Crippen LogP contribution in [0.2, 0.25) is 0 Å². The van der Waals surface area contributed by atoms with Gasteiger partial charge in [0.2, 0.25) is 5.91 Å². The van der Waals surface area contributed by atoms with Crippen molar-refractivity contribution in [2.24, 2.45) is 11.7 Å². The summed E-state index contributed by atoms with van der Waals surface area (Å²) < 4.78 is 5.29. The van der Waals surface area contributed by atoms with Crippen molar-refractivity contribution in [1.29, 1.82) is 0 Å². The van der Waals surface area contributed by atoms with Crippen LogP contribution in [0.25, 0.3) is 0 Å². The molecular weight excluding hydrogens is 244 g/mol. The van der Waals surface area contributed by atoms with E-state index in [9.17, 15) is 4.79 Å². The minimum Gasteiger partial charge on any atom is -0.379 e. The fourth-order valence-corrected chi connectivity index (χ4v) is 2.98. The summed E-state index contributed by atoms with van der Waals surface area (Å²) >= 11 is 0. The summed E-state index contributed by atoms with van der Waals surface area (Å²) in [6.07, 6.45) is 3.88. The predicted octanol–water partition coefficient (Wildman–Crippen LogP) is 0.0894. The average Bonchev–Trinajstić information content (AvgIpc) is 3.09. The standard InChI is InChI=1S/C13H20N4O2/c14-11-8-19-7-10(11)13(18)17-5-1-2-9(6-17)12-3-4-15-16-12/h3-4,9-11H,1-2,5-8,14H2,(H,15,16). The highest BCUT2D eigenvalue weighted by Gasteiger charge is 2.36. The zero-order valence-electron chi connectivity index (χ0n) is 10.9. The Bertz CT molecular complexity index is 434. The molecule has 2 saturated heterocycles. The molecule has 6 heteroatoms. The van der Waals surface area contributed by atoms with Crippen LogP contribution < -0.4 is 5.73 Å². The lowest BCUT2D eigenvalue weighted by Crippen LogP contribution is -2.47. The van der Waals surface area contributed by atoms with Crippen LogP contribution in [0.1, 0.15) is 24.5 Å². The number of rotatable bonds is 2. The van der Waals surface area contributed by atoms with Crippen molar-refractivity contribution >= 4 is 5.91 Å². The van der Waals surface area contributed by atoms with Crippen LogP contribution in [0.5, 0.6) is 0 Å². The van der Waals surface area contributed by atoms with Crippen molar-refractivity contribution in [3.05, 3.63) is 18.0 Å². The molecule has 1 aromatic rings. The van der Waals surface area contributed by atoms with Gasteiger partial charge in [-0.05, 0) is 18.9 Å². The first-order chi connectivity index (χ1) is 9.25. The van der Waals surface area contributed by atoms with Gasteiger partial charge in [-0.1, -0.05) is 0 Å². The fraction of sp³-hybridized carbons (Fsp3) is 0.692. The molecule has 0 bridgehead atoms. The van der Waals surface area contributed by atoms with E-state index in [4.69, 9.17) is 10.5 Å². The van der Waals surface area contributed by atoms with Gasteiger partial charge in [-0.15, -0.1) is 0 Å². The van der Waals surface area contributed by atoms with E-state index in [1.165, 1.54) is 0 Å². The SMILES string of the molecule is NC1COCC1C(=O)N1CCCC(c2ccn[nH]2)C1. The molecule has 2 fully saturated rings. The molecule has 19 heavy (non-hydrogen) atoms. The Kier molecular flexibility index (Phi) is 3.52. The first-order valence-electron chi connectivity index (χ1n) is 6.87. The molecule has 2 aliphatic rings. The first kappa shape index (κ1) is 12.6. The molecule has 0 saturated carbocycles. The average molecular weight is 264 g/mol. The van der Waals surface area contributed by atoms with Crippen LogP contribution in [0, 0.1) is 5.92 Å². The van der Waals surface area contributed by atoms with Gasteiger partial charge in [-0.25, -0.2) is 0 Å². The summed E-state index contributed by atoms with van der Waals surface area (Å²) in [5.41, 5.74) is 7.04. The molecule has 0 radical (unpaired) electrons. The van der Waals surface area contributed by atoms with Crippen LogP contribution in [-0.2, 0) is 9.53 Å². The van der Waals surface area contributed by atoms with E-state index in [1.807, 2.05) is 11.0 Å². The first-order valence-corrected chi connectivity index (χ1v) is 6.87. The molecule has 0 aromatic carbocycles. The lowest BCUT2D eigenvalue weighted by atomic mass is 9.93. The second-order valence-corrected chi connectivity index (χ2v) is 5.44. The molecule has 0 aliphatic carbocycles. The third kappa shape index (κ3) is 2.50. The number of nitrogens with one attached hydrogen (secondary N) is 1. The van der Waals surface area contributed by atoms with Crippen LogP contribution in [0.4, 0.5) is 0 Å². The number of hydrogen-bond acceptors (Lipinski definition) is 4. The molecule has 3 unspecified atom stereocenters. The van der Waals surface area contributed by atoms with Gasteiger partial charge < -0.3 is 15.4 Å². The predicted molar refractivity (Wildman–Crippen MR) is 69.4 cm³/mol. The van der Waals surface area contributed by atoms with Crippen molar-refractivity contribution in [2.75, 3.05) is 26.3 Å². The normalized spacial score (nSPS) is 31.6. The number of likely N-dealkylation sites (tertiary alicyclic amines) is 1. The number of carbonyl (C=O) groups is 1. The monoisotopic (exact) mass is 264 g/mol. The Hall–Kier alpha value is -1.40. The van der Waals surface area contributed by atoms with Crippen molar-refractivity contribution in [3.63, 3.8) is 0 Å².